The molecule has 0 heterocycles. The van der Waals surface area contributed by atoms with E-state index in [9.17, 15) is 14.9 Å². The van der Waals surface area contributed by atoms with Crippen molar-refractivity contribution in [1.82, 2.24) is 5.32 Å². The van der Waals surface area contributed by atoms with Gasteiger partial charge in [-0.1, -0.05) is 30.7 Å². The van der Waals surface area contributed by atoms with E-state index in [1.165, 1.54) is 25.1 Å². The number of nitro benzene ring substituents is 1. The topological polar surface area (TPSA) is 93.5 Å². The van der Waals surface area contributed by atoms with Crippen molar-refractivity contribution in [2.45, 2.75) is 26.5 Å². The van der Waals surface area contributed by atoms with Gasteiger partial charge in [-0.05, 0) is 43.3 Å². The molecule has 0 spiro atoms. The highest BCUT2D eigenvalue weighted by atomic mass is 35.5. The Labute approximate surface area is 156 Å². The third-order valence-electron chi connectivity index (χ3n) is 3.56. The van der Waals surface area contributed by atoms with Gasteiger partial charge >= 0.3 is 5.69 Å². The van der Waals surface area contributed by atoms with Crippen molar-refractivity contribution in [2.24, 2.45) is 0 Å². The summed E-state index contributed by atoms with van der Waals surface area (Å²) >= 11 is 5.77. The first kappa shape index (κ1) is 19.7. The zero-order chi connectivity index (χ0) is 19.1. The van der Waals surface area contributed by atoms with E-state index in [1.54, 1.807) is 6.07 Å². The van der Waals surface area contributed by atoms with E-state index in [4.69, 9.17) is 16.3 Å². The summed E-state index contributed by atoms with van der Waals surface area (Å²) in [6.45, 7) is 5.08. The molecule has 0 bridgehead atoms. The van der Waals surface area contributed by atoms with E-state index in [1.807, 2.05) is 25.1 Å². The lowest BCUT2D eigenvalue weighted by atomic mass is 10.2. The molecule has 2 rings (SSSR count). The molecule has 8 heteroatoms. The summed E-state index contributed by atoms with van der Waals surface area (Å²) < 4.78 is 5.47. The molecule has 138 valence electrons. The van der Waals surface area contributed by atoms with Crippen molar-refractivity contribution in [2.75, 3.05) is 11.9 Å². The normalized spacial score (nSPS) is 11.7. The van der Waals surface area contributed by atoms with Crippen LogP contribution in [0.3, 0.4) is 0 Å². The van der Waals surface area contributed by atoms with Crippen molar-refractivity contribution in [1.29, 1.82) is 0 Å². The lowest BCUT2D eigenvalue weighted by molar-refractivity contribution is -0.386. The largest absolute Gasteiger partial charge is 0.474 e. The molecular weight excluding hydrogens is 358 g/mol. The predicted octanol–water partition coefficient (Wildman–Crippen LogP) is 3.76. The molecule has 1 atom stereocenters. The predicted molar refractivity (Wildman–Crippen MR) is 101 cm³/mol. The Morgan fingerprint density at radius 1 is 1.31 bits per heavy atom. The quantitative estimate of drug-likeness (QED) is 0.539. The van der Waals surface area contributed by atoms with Crippen LogP contribution in [0.15, 0.2) is 42.5 Å². The van der Waals surface area contributed by atoms with E-state index in [0.717, 1.165) is 12.1 Å². The second-order valence-corrected chi connectivity index (χ2v) is 6.04. The van der Waals surface area contributed by atoms with E-state index in [0.29, 0.717) is 12.2 Å². The van der Waals surface area contributed by atoms with E-state index >= 15 is 0 Å². The first-order chi connectivity index (χ1) is 12.4. The fraction of sp³-hybridized carbons (Fsp3) is 0.278. The third kappa shape index (κ3) is 5.44. The maximum atomic E-state index is 12.3. The Balaban J connectivity index is 2.05. The number of ether oxygens (including phenoxy) is 1. The first-order valence-electron chi connectivity index (χ1n) is 8.11. The highest BCUT2D eigenvalue weighted by Gasteiger charge is 2.21. The number of nitrogens with zero attached hydrogens (tertiary/aromatic N) is 1. The summed E-state index contributed by atoms with van der Waals surface area (Å²) in [5.74, 6) is -0.419. The highest BCUT2D eigenvalue weighted by molar-refractivity contribution is 6.30. The van der Waals surface area contributed by atoms with Crippen LogP contribution in [-0.2, 0) is 11.3 Å². The maximum absolute atomic E-state index is 12.3. The van der Waals surface area contributed by atoms with E-state index in [2.05, 4.69) is 10.6 Å². The standard InChI is InChI=1S/C18H20ClN3O4/c1-3-20-11-13-5-4-6-15(9-13)21-18(23)12(2)26-17-8-7-14(19)10-16(17)22(24)25/h4-10,12,20H,3,11H2,1-2H3,(H,21,23). The summed E-state index contributed by atoms with van der Waals surface area (Å²) in [7, 11) is 0. The van der Waals surface area contributed by atoms with E-state index in [-0.39, 0.29) is 16.5 Å². The number of benzene rings is 2. The van der Waals surface area contributed by atoms with E-state index < -0.39 is 16.9 Å². The van der Waals surface area contributed by atoms with Gasteiger partial charge in [-0.3, -0.25) is 14.9 Å². The minimum Gasteiger partial charge on any atom is -0.474 e. The van der Waals surface area contributed by atoms with Crippen LogP contribution in [0.25, 0.3) is 0 Å². The number of nitro groups is 1. The number of rotatable bonds is 8. The number of hydrogen-bond acceptors (Lipinski definition) is 5. The number of carbonyl (C=O) groups excluding carboxylic acids is 1. The average Bonchev–Trinajstić information content (AvgIpc) is 2.61. The minimum atomic E-state index is -0.924. The molecule has 26 heavy (non-hydrogen) atoms. The zero-order valence-corrected chi connectivity index (χ0v) is 15.2. The lowest BCUT2D eigenvalue weighted by Crippen LogP contribution is -2.30. The number of carbonyl (C=O) groups is 1. The highest BCUT2D eigenvalue weighted by Crippen LogP contribution is 2.30. The molecule has 1 amide bonds. The van der Waals surface area contributed by atoms with Gasteiger partial charge in [0.1, 0.15) is 0 Å². The van der Waals surface area contributed by atoms with Crippen LogP contribution >= 0.6 is 11.6 Å². The van der Waals surface area contributed by atoms with Gasteiger partial charge in [-0.2, -0.15) is 0 Å². The molecule has 1 unspecified atom stereocenters. The van der Waals surface area contributed by atoms with Crippen LogP contribution in [0.1, 0.15) is 19.4 Å². The van der Waals surface area contributed by atoms with Crippen molar-refractivity contribution in [3.8, 4) is 5.75 Å². The van der Waals surface area contributed by atoms with Crippen LogP contribution in [0.5, 0.6) is 5.75 Å². The second-order valence-electron chi connectivity index (χ2n) is 5.60. The van der Waals surface area contributed by atoms with Gasteiger partial charge in [0, 0.05) is 23.3 Å². The first-order valence-corrected chi connectivity index (χ1v) is 8.49. The molecule has 0 aromatic heterocycles. The van der Waals surface area contributed by atoms with Gasteiger partial charge in [0.05, 0.1) is 4.92 Å². The fourth-order valence-corrected chi connectivity index (χ4v) is 2.42. The molecule has 0 aliphatic heterocycles. The molecular formula is C18H20ClN3O4. The SMILES string of the molecule is CCNCc1cccc(NC(=O)C(C)Oc2ccc(Cl)cc2[N+](=O)[O-])c1. The van der Waals surface area contributed by atoms with Crippen LogP contribution in [0.2, 0.25) is 5.02 Å². The van der Waals surface area contributed by atoms with Gasteiger partial charge < -0.3 is 15.4 Å². The zero-order valence-electron chi connectivity index (χ0n) is 14.5. The average molecular weight is 378 g/mol. The molecule has 7 nitrogen and oxygen atoms in total. The molecule has 0 fully saturated rings. The number of anilines is 1. The van der Waals surface area contributed by atoms with Crippen molar-refractivity contribution >= 4 is 28.9 Å². The van der Waals surface area contributed by atoms with Gasteiger partial charge in [-0.25, -0.2) is 0 Å². The molecule has 0 aliphatic rings. The smallest absolute Gasteiger partial charge is 0.312 e. The summed E-state index contributed by atoms with van der Waals surface area (Å²) in [6.07, 6.45) is -0.924. The summed E-state index contributed by atoms with van der Waals surface area (Å²) in [4.78, 5) is 22.8. The molecule has 2 aromatic rings. The number of nitrogens with one attached hydrogen (secondary N) is 2. The van der Waals surface area contributed by atoms with Crippen LogP contribution in [-0.4, -0.2) is 23.5 Å². The van der Waals surface area contributed by atoms with Crippen LogP contribution in [0.4, 0.5) is 11.4 Å². The third-order valence-corrected chi connectivity index (χ3v) is 3.80. The van der Waals surface area contributed by atoms with Crippen LogP contribution < -0.4 is 15.4 Å². The van der Waals surface area contributed by atoms with Gasteiger partial charge in [0.2, 0.25) is 0 Å². The van der Waals surface area contributed by atoms with Crippen LogP contribution in [0, 0.1) is 10.1 Å². The summed E-state index contributed by atoms with van der Waals surface area (Å²) in [5, 5.41) is 17.3. The van der Waals surface area contributed by atoms with Gasteiger partial charge in [0.15, 0.2) is 11.9 Å². The Morgan fingerprint density at radius 2 is 2.08 bits per heavy atom. The Kier molecular flexibility index (Phi) is 6.94. The number of halogens is 1. The number of hydrogen-bond donors (Lipinski definition) is 2. The molecule has 0 aliphatic carbocycles. The Bertz CT molecular complexity index is 798. The molecule has 0 saturated carbocycles. The lowest BCUT2D eigenvalue weighted by Gasteiger charge is -2.15. The Morgan fingerprint density at radius 3 is 2.77 bits per heavy atom. The second kappa shape index (κ2) is 9.17. The maximum Gasteiger partial charge on any atom is 0.312 e. The Hall–Kier alpha value is -2.64. The minimum absolute atomic E-state index is 0.0112. The summed E-state index contributed by atoms with van der Waals surface area (Å²) in [5.41, 5.74) is 1.38. The number of amides is 1. The molecule has 2 N–H and O–H groups in total. The van der Waals surface area contributed by atoms with Gasteiger partial charge in [-0.15, -0.1) is 0 Å². The van der Waals surface area contributed by atoms with Crippen molar-refractivity contribution in [3.05, 3.63) is 63.2 Å². The monoisotopic (exact) mass is 377 g/mol. The van der Waals surface area contributed by atoms with Crippen molar-refractivity contribution < 1.29 is 14.5 Å². The molecule has 0 radical (unpaired) electrons. The summed E-state index contributed by atoms with van der Waals surface area (Å²) in [6, 6.07) is 11.5. The molecule has 2 aromatic carbocycles. The fourth-order valence-electron chi connectivity index (χ4n) is 2.25. The van der Waals surface area contributed by atoms with Crippen molar-refractivity contribution in [3.63, 3.8) is 0 Å². The van der Waals surface area contributed by atoms with Gasteiger partial charge in [0.25, 0.3) is 5.91 Å². The molecule has 0 saturated heterocycles.